The third-order valence-electron chi connectivity index (χ3n) is 4.52. The molecule has 0 spiro atoms. The van der Waals surface area contributed by atoms with Crippen molar-refractivity contribution in [1.82, 2.24) is 0 Å². The predicted octanol–water partition coefficient (Wildman–Crippen LogP) is 1.71. The molecule has 0 N–H and O–H groups in total. The molecule has 2 aliphatic rings. The first kappa shape index (κ1) is 15.3. The van der Waals surface area contributed by atoms with Crippen LogP contribution in [-0.2, 0) is 0 Å². The molecule has 124 valence electrons. The summed E-state index contributed by atoms with van der Waals surface area (Å²) >= 11 is 0. The van der Waals surface area contributed by atoms with Crippen molar-refractivity contribution >= 4 is 10.8 Å². The summed E-state index contributed by atoms with van der Waals surface area (Å²) in [5.41, 5.74) is -0.712. The van der Waals surface area contributed by atoms with Crippen molar-refractivity contribution in [2.75, 3.05) is 0 Å². The molecule has 0 saturated heterocycles. The fourth-order valence-electron chi connectivity index (χ4n) is 3.47. The summed E-state index contributed by atoms with van der Waals surface area (Å²) in [6.07, 6.45) is 0. The minimum absolute atomic E-state index is 0.162. The van der Waals surface area contributed by atoms with E-state index in [1.54, 1.807) is 13.8 Å². The lowest BCUT2D eigenvalue weighted by molar-refractivity contribution is 0.547. The number of fused-ring (bicyclic) bond motifs is 5. The van der Waals surface area contributed by atoms with Crippen LogP contribution >= 0.6 is 0 Å². The number of hydrogen-bond acceptors (Lipinski definition) is 4. The van der Waals surface area contributed by atoms with E-state index < -0.39 is 23.0 Å². The van der Waals surface area contributed by atoms with Crippen LogP contribution in [0.5, 0.6) is 0 Å². The van der Waals surface area contributed by atoms with Gasteiger partial charge in [0.25, 0.3) is 0 Å². The lowest BCUT2D eigenvalue weighted by atomic mass is 10.0. The molecule has 0 saturated carbocycles. The maximum atomic E-state index is 15.2. The molecule has 0 amide bonds. The predicted molar refractivity (Wildman–Crippen MR) is 86.1 cm³/mol. The highest BCUT2D eigenvalue weighted by Gasteiger charge is 2.29. The quantitative estimate of drug-likeness (QED) is 0.707. The molecule has 0 fully saturated rings. The second-order valence-electron chi connectivity index (χ2n) is 7.46. The van der Waals surface area contributed by atoms with Crippen LogP contribution in [-0.4, -0.2) is 11.3 Å². The normalized spacial score (nSPS) is 19.2. The van der Waals surface area contributed by atoms with Gasteiger partial charge in [0, 0.05) is 11.1 Å². The maximum Gasteiger partial charge on any atom is 0.146 e. The van der Waals surface area contributed by atoms with Gasteiger partial charge in [-0.15, -0.1) is 0 Å². The summed E-state index contributed by atoms with van der Waals surface area (Å²) in [6.45, 7) is 10.6. The zero-order valence-corrected chi connectivity index (χ0v) is 14.5. The molecule has 4 nitrogen and oxygen atoms in total. The minimum Gasteiger partial charge on any atom is -0.253 e. The lowest BCUT2D eigenvalue weighted by Crippen LogP contribution is -2.35. The van der Waals surface area contributed by atoms with Crippen molar-refractivity contribution in [3.8, 4) is 0 Å². The van der Waals surface area contributed by atoms with Gasteiger partial charge in [0.15, 0.2) is 0 Å². The van der Waals surface area contributed by atoms with Crippen LogP contribution in [0.25, 0.3) is 10.8 Å². The SMILES string of the molecule is Cc1c(F)c2c3c(c(C)c(F)c2c2c1=NC(C)(C)N=2)=NC(C)(C)N=3. The van der Waals surface area contributed by atoms with Gasteiger partial charge < -0.3 is 0 Å². The Balaban J connectivity index is 2.43. The number of nitrogens with zero attached hydrogens (tertiary/aromatic N) is 4. The summed E-state index contributed by atoms with van der Waals surface area (Å²) in [4.78, 5) is 18.0. The monoisotopic (exact) mass is 328 g/mol. The molecule has 2 heterocycles. The zero-order valence-electron chi connectivity index (χ0n) is 14.5. The molecule has 0 aromatic heterocycles. The van der Waals surface area contributed by atoms with Crippen molar-refractivity contribution in [3.63, 3.8) is 0 Å². The molecule has 6 heteroatoms. The molecular formula is C18H18F2N4. The lowest BCUT2D eigenvalue weighted by Gasteiger charge is -2.07. The van der Waals surface area contributed by atoms with E-state index in [4.69, 9.17) is 0 Å². The number of hydrogen-bond donors (Lipinski definition) is 0. The third-order valence-corrected chi connectivity index (χ3v) is 4.52. The number of halogens is 2. The summed E-state index contributed by atoms with van der Waals surface area (Å²) in [5.74, 6) is -0.987. The van der Waals surface area contributed by atoms with Crippen molar-refractivity contribution in [1.29, 1.82) is 0 Å². The Kier molecular flexibility index (Phi) is 2.70. The highest BCUT2D eigenvalue weighted by Crippen LogP contribution is 2.22. The largest absolute Gasteiger partial charge is 0.253 e. The van der Waals surface area contributed by atoms with E-state index in [1.165, 1.54) is 0 Å². The Hall–Kier alpha value is -2.24. The van der Waals surface area contributed by atoms with Crippen molar-refractivity contribution in [3.05, 3.63) is 44.2 Å². The minimum atomic E-state index is -0.728. The fraction of sp³-hybridized carbons (Fsp3) is 0.444. The van der Waals surface area contributed by atoms with Gasteiger partial charge in [0.1, 0.15) is 23.0 Å². The Morgan fingerprint density at radius 2 is 0.875 bits per heavy atom. The molecule has 24 heavy (non-hydrogen) atoms. The van der Waals surface area contributed by atoms with E-state index in [0.717, 1.165) is 0 Å². The average Bonchev–Trinajstić information content (AvgIpc) is 2.96. The molecule has 0 bridgehead atoms. The van der Waals surface area contributed by atoms with Crippen LogP contribution in [0.15, 0.2) is 20.0 Å². The van der Waals surface area contributed by atoms with Gasteiger partial charge in [-0.3, -0.25) is 20.0 Å². The standard InChI is InChI=1S/C18H18F2N4/c1-7-11(19)9-10(15-13(7)21-17(3,4)23-15)12(20)8(2)14-16(9)24-18(5,6)22-14/h1-6H3. The first-order chi connectivity index (χ1) is 11.0. The van der Waals surface area contributed by atoms with Crippen molar-refractivity contribution < 1.29 is 8.78 Å². The fourth-order valence-corrected chi connectivity index (χ4v) is 3.47. The molecule has 0 atom stereocenters. The molecule has 0 radical (unpaired) electrons. The van der Waals surface area contributed by atoms with Crippen molar-refractivity contribution in [2.45, 2.75) is 52.9 Å². The topological polar surface area (TPSA) is 49.4 Å². The van der Waals surface area contributed by atoms with Crippen LogP contribution in [0.1, 0.15) is 38.8 Å². The molecule has 4 rings (SSSR count). The highest BCUT2D eigenvalue weighted by atomic mass is 19.1. The van der Waals surface area contributed by atoms with E-state index in [1.807, 2.05) is 27.7 Å². The van der Waals surface area contributed by atoms with Crippen LogP contribution in [0, 0.1) is 25.5 Å². The van der Waals surface area contributed by atoms with Gasteiger partial charge in [-0.1, -0.05) is 0 Å². The van der Waals surface area contributed by atoms with Gasteiger partial charge in [-0.25, -0.2) is 8.78 Å². The van der Waals surface area contributed by atoms with Crippen LogP contribution < -0.4 is 21.4 Å². The Labute approximate surface area is 137 Å². The highest BCUT2D eigenvalue weighted by molar-refractivity contribution is 5.84. The van der Waals surface area contributed by atoms with Crippen LogP contribution in [0.2, 0.25) is 0 Å². The second-order valence-corrected chi connectivity index (χ2v) is 7.46. The first-order valence-corrected chi connectivity index (χ1v) is 7.92. The maximum absolute atomic E-state index is 15.2. The van der Waals surface area contributed by atoms with E-state index in [0.29, 0.717) is 32.6 Å². The molecule has 2 aromatic carbocycles. The first-order valence-electron chi connectivity index (χ1n) is 7.92. The molecule has 0 unspecified atom stereocenters. The van der Waals surface area contributed by atoms with Crippen LogP contribution in [0.3, 0.4) is 0 Å². The van der Waals surface area contributed by atoms with Gasteiger partial charge in [0.2, 0.25) is 0 Å². The van der Waals surface area contributed by atoms with Gasteiger partial charge in [-0.2, -0.15) is 0 Å². The Bertz CT molecular complexity index is 1100. The van der Waals surface area contributed by atoms with Gasteiger partial charge >= 0.3 is 0 Å². The van der Waals surface area contributed by atoms with Crippen LogP contribution in [0.4, 0.5) is 8.78 Å². The second kappa shape index (κ2) is 4.23. The Morgan fingerprint density at radius 1 is 0.583 bits per heavy atom. The summed E-state index contributed by atoms with van der Waals surface area (Å²) < 4.78 is 30.3. The average molecular weight is 328 g/mol. The number of rotatable bonds is 0. The molecular weight excluding hydrogens is 310 g/mol. The Morgan fingerprint density at radius 3 is 1.21 bits per heavy atom. The smallest absolute Gasteiger partial charge is 0.146 e. The van der Waals surface area contributed by atoms with E-state index in [-0.39, 0.29) is 10.8 Å². The molecule has 0 aliphatic carbocycles. The number of benzene rings is 2. The van der Waals surface area contributed by atoms with E-state index in [9.17, 15) is 0 Å². The summed E-state index contributed by atoms with van der Waals surface area (Å²) in [6, 6.07) is 0. The zero-order chi connectivity index (χ0) is 17.6. The van der Waals surface area contributed by atoms with E-state index in [2.05, 4.69) is 20.0 Å². The summed E-state index contributed by atoms with van der Waals surface area (Å²) in [7, 11) is 0. The summed E-state index contributed by atoms with van der Waals surface area (Å²) in [5, 5.41) is 2.01. The third kappa shape index (κ3) is 1.82. The van der Waals surface area contributed by atoms with E-state index >= 15 is 8.78 Å². The van der Waals surface area contributed by atoms with Gasteiger partial charge in [-0.05, 0) is 41.5 Å². The van der Waals surface area contributed by atoms with Gasteiger partial charge in [0.05, 0.1) is 32.2 Å². The molecule has 2 aliphatic heterocycles. The molecule has 2 aromatic rings. The van der Waals surface area contributed by atoms with Crippen molar-refractivity contribution in [2.24, 2.45) is 20.0 Å².